The molecule has 0 saturated heterocycles. The highest BCUT2D eigenvalue weighted by Gasteiger charge is 2.29. The van der Waals surface area contributed by atoms with E-state index in [1.165, 1.54) is 0 Å². The van der Waals surface area contributed by atoms with Crippen LogP contribution in [-0.4, -0.2) is 25.5 Å². The van der Waals surface area contributed by atoms with E-state index >= 15 is 0 Å². The summed E-state index contributed by atoms with van der Waals surface area (Å²) in [5, 5.41) is 5.74. The normalized spacial score (nSPS) is 13.1. The van der Waals surface area contributed by atoms with Crippen LogP contribution in [-0.2, 0) is 4.79 Å². The molecular weight excluding hydrogens is 368 g/mol. The number of nitrogens with one attached hydrogen (secondary N) is 2. The molecule has 29 heavy (non-hydrogen) atoms. The zero-order valence-corrected chi connectivity index (χ0v) is 17.2. The fourth-order valence-electron chi connectivity index (χ4n) is 2.80. The van der Waals surface area contributed by atoms with E-state index in [1.54, 1.807) is 43.5 Å². The quantitative estimate of drug-likeness (QED) is 0.643. The van der Waals surface area contributed by atoms with Crippen LogP contribution in [0.15, 0.2) is 42.5 Å². The van der Waals surface area contributed by atoms with E-state index in [1.807, 2.05) is 6.07 Å². The van der Waals surface area contributed by atoms with Crippen LogP contribution in [0.2, 0.25) is 0 Å². The Kier molecular flexibility index (Phi) is 6.75. The first-order valence-electron chi connectivity index (χ1n) is 9.99. The van der Waals surface area contributed by atoms with Gasteiger partial charge in [-0.15, -0.1) is 0 Å². The van der Waals surface area contributed by atoms with Gasteiger partial charge < -0.3 is 20.1 Å². The van der Waals surface area contributed by atoms with Gasteiger partial charge in [-0.25, -0.2) is 0 Å². The van der Waals surface area contributed by atoms with Crippen molar-refractivity contribution in [3.8, 4) is 11.5 Å². The van der Waals surface area contributed by atoms with Gasteiger partial charge in [0.1, 0.15) is 0 Å². The Bertz CT molecular complexity index is 875. The first kappa shape index (κ1) is 20.7. The lowest BCUT2D eigenvalue weighted by atomic mass is 10.1. The SMILES string of the molecule is COc1cc(C(=O)Nc2cccc(NC(=O)C3CC3)c2)ccc1OCCC(C)C. The molecule has 0 bridgehead atoms. The van der Waals surface area contributed by atoms with Crippen LogP contribution in [0.3, 0.4) is 0 Å². The number of rotatable bonds is 9. The monoisotopic (exact) mass is 396 g/mol. The maximum atomic E-state index is 12.7. The number of hydrogen-bond acceptors (Lipinski definition) is 4. The summed E-state index contributed by atoms with van der Waals surface area (Å²) in [5.41, 5.74) is 1.75. The van der Waals surface area contributed by atoms with Gasteiger partial charge >= 0.3 is 0 Å². The van der Waals surface area contributed by atoms with E-state index in [0.29, 0.717) is 41.0 Å². The summed E-state index contributed by atoms with van der Waals surface area (Å²) >= 11 is 0. The van der Waals surface area contributed by atoms with Crippen LogP contribution in [0, 0.1) is 11.8 Å². The van der Waals surface area contributed by atoms with Crippen molar-refractivity contribution in [3.63, 3.8) is 0 Å². The van der Waals surface area contributed by atoms with Gasteiger partial charge in [0.15, 0.2) is 11.5 Å². The summed E-state index contributed by atoms with van der Waals surface area (Å²) in [4.78, 5) is 24.6. The highest BCUT2D eigenvalue weighted by atomic mass is 16.5. The minimum Gasteiger partial charge on any atom is -0.493 e. The van der Waals surface area contributed by atoms with Crippen molar-refractivity contribution in [1.29, 1.82) is 0 Å². The predicted octanol–water partition coefficient (Wildman–Crippen LogP) is 4.72. The number of methoxy groups -OCH3 is 1. The smallest absolute Gasteiger partial charge is 0.255 e. The number of amides is 2. The van der Waals surface area contributed by atoms with E-state index in [-0.39, 0.29) is 17.7 Å². The van der Waals surface area contributed by atoms with Crippen molar-refractivity contribution in [1.82, 2.24) is 0 Å². The summed E-state index contributed by atoms with van der Waals surface area (Å²) in [7, 11) is 1.55. The molecule has 1 aliphatic rings. The molecule has 1 aliphatic carbocycles. The molecule has 0 atom stereocenters. The molecule has 0 aromatic heterocycles. The van der Waals surface area contributed by atoms with Gasteiger partial charge in [0.25, 0.3) is 5.91 Å². The van der Waals surface area contributed by atoms with Crippen molar-refractivity contribution in [2.75, 3.05) is 24.4 Å². The Labute approximate surface area is 171 Å². The van der Waals surface area contributed by atoms with E-state index in [4.69, 9.17) is 9.47 Å². The van der Waals surface area contributed by atoms with Crippen molar-refractivity contribution in [2.45, 2.75) is 33.1 Å². The summed E-state index contributed by atoms with van der Waals surface area (Å²) in [5.74, 6) is 1.59. The van der Waals surface area contributed by atoms with Crippen LogP contribution >= 0.6 is 0 Å². The van der Waals surface area contributed by atoms with Crippen molar-refractivity contribution in [3.05, 3.63) is 48.0 Å². The minimum absolute atomic E-state index is 0.0336. The lowest BCUT2D eigenvalue weighted by Crippen LogP contribution is -2.15. The molecule has 1 saturated carbocycles. The maximum absolute atomic E-state index is 12.7. The molecule has 0 radical (unpaired) electrons. The van der Waals surface area contributed by atoms with E-state index < -0.39 is 0 Å². The molecule has 2 amide bonds. The zero-order chi connectivity index (χ0) is 20.8. The second-order valence-electron chi connectivity index (χ2n) is 7.70. The predicted molar refractivity (Wildman–Crippen MR) is 114 cm³/mol. The lowest BCUT2D eigenvalue weighted by molar-refractivity contribution is -0.117. The first-order valence-corrected chi connectivity index (χ1v) is 9.99. The van der Waals surface area contributed by atoms with Crippen LogP contribution in [0.25, 0.3) is 0 Å². The van der Waals surface area contributed by atoms with Crippen molar-refractivity contribution >= 4 is 23.2 Å². The molecule has 2 N–H and O–H groups in total. The lowest BCUT2D eigenvalue weighted by Gasteiger charge is -2.13. The van der Waals surface area contributed by atoms with E-state index in [2.05, 4.69) is 24.5 Å². The third-order valence-electron chi connectivity index (χ3n) is 4.71. The Morgan fingerprint density at radius 3 is 2.41 bits per heavy atom. The number of benzene rings is 2. The Balaban J connectivity index is 1.64. The fourth-order valence-corrected chi connectivity index (χ4v) is 2.80. The second-order valence-corrected chi connectivity index (χ2v) is 7.70. The van der Waals surface area contributed by atoms with E-state index in [9.17, 15) is 9.59 Å². The van der Waals surface area contributed by atoms with Gasteiger partial charge in [-0.1, -0.05) is 19.9 Å². The largest absolute Gasteiger partial charge is 0.493 e. The molecule has 1 fully saturated rings. The van der Waals surface area contributed by atoms with Crippen LogP contribution in [0.4, 0.5) is 11.4 Å². The van der Waals surface area contributed by atoms with Gasteiger partial charge in [0, 0.05) is 22.9 Å². The highest BCUT2D eigenvalue weighted by molar-refractivity contribution is 6.05. The molecular formula is C23H28N2O4. The van der Waals surface area contributed by atoms with Crippen LogP contribution < -0.4 is 20.1 Å². The first-order chi connectivity index (χ1) is 14.0. The fraction of sp³-hybridized carbons (Fsp3) is 0.391. The summed E-state index contributed by atoms with van der Waals surface area (Å²) in [6, 6.07) is 12.3. The molecule has 0 spiro atoms. The molecule has 0 aliphatic heterocycles. The van der Waals surface area contributed by atoms with Crippen molar-refractivity contribution in [2.24, 2.45) is 11.8 Å². The highest BCUT2D eigenvalue weighted by Crippen LogP contribution is 2.31. The van der Waals surface area contributed by atoms with Gasteiger partial charge in [-0.2, -0.15) is 0 Å². The number of ether oxygens (including phenoxy) is 2. The Morgan fingerprint density at radius 1 is 1.03 bits per heavy atom. The number of carbonyl (C=O) groups is 2. The van der Waals surface area contributed by atoms with Crippen LogP contribution in [0.1, 0.15) is 43.5 Å². The molecule has 0 heterocycles. The van der Waals surface area contributed by atoms with Crippen molar-refractivity contribution < 1.29 is 19.1 Å². The maximum Gasteiger partial charge on any atom is 0.255 e. The minimum atomic E-state index is -0.261. The van der Waals surface area contributed by atoms with Gasteiger partial charge in [-0.3, -0.25) is 9.59 Å². The molecule has 2 aromatic rings. The molecule has 3 rings (SSSR count). The third-order valence-corrected chi connectivity index (χ3v) is 4.71. The molecule has 6 heteroatoms. The number of hydrogen-bond donors (Lipinski definition) is 2. The molecule has 154 valence electrons. The average Bonchev–Trinajstić information content (AvgIpc) is 3.53. The topological polar surface area (TPSA) is 76.7 Å². The molecule has 0 unspecified atom stereocenters. The zero-order valence-electron chi connectivity index (χ0n) is 17.2. The average molecular weight is 396 g/mol. The van der Waals surface area contributed by atoms with Gasteiger partial charge in [0.05, 0.1) is 13.7 Å². The molecule has 6 nitrogen and oxygen atoms in total. The summed E-state index contributed by atoms with van der Waals surface area (Å²) in [6.45, 7) is 4.87. The number of anilines is 2. The summed E-state index contributed by atoms with van der Waals surface area (Å²) < 4.78 is 11.2. The summed E-state index contributed by atoms with van der Waals surface area (Å²) in [6.07, 6.45) is 2.83. The Morgan fingerprint density at radius 2 is 1.76 bits per heavy atom. The van der Waals surface area contributed by atoms with Gasteiger partial charge in [0.2, 0.25) is 5.91 Å². The second kappa shape index (κ2) is 9.45. The number of carbonyl (C=O) groups excluding carboxylic acids is 2. The molecule has 2 aromatic carbocycles. The third kappa shape index (κ3) is 5.98. The standard InChI is InChI=1S/C23H28N2O4/c1-15(2)11-12-29-20-10-9-17(13-21(20)28-3)23(27)25-19-6-4-5-18(14-19)24-22(26)16-7-8-16/h4-6,9-10,13-16H,7-8,11-12H2,1-3H3,(H,24,26)(H,25,27). The van der Waals surface area contributed by atoms with Gasteiger partial charge in [-0.05, 0) is 61.6 Å². The Hall–Kier alpha value is -3.02. The van der Waals surface area contributed by atoms with Crippen LogP contribution in [0.5, 0.6) is 11.5 Å². The van der Waals surface area contributed by atoms with E-state index in [0.717, 1.165) is 19.3 Å².